The van der Waals surface area contributed by atoms with Crippen LogP contribution in [0.2, 0.25) is 0 Å². The maximum Gasteiger partial charge on any atom is 0.227 e. The maximum atomic E-state index is 12.9. The topological polar surface area (TPSA) is 72.3 Å². The Labute approximate surface area is 177 Å². The Morgan fingerprint density at radius 1 is 1.13 bits per heavy atom. The standard InChI is InChI=1S/C23H27N3O3S/c1-16(2)30(28,29)20-10-8-18(9-11-20)14-23(27)25-13-12-19(15-25)26-17(3)24-21-6-4-5-7-22(21)26/h4-11,16,19H,12-15H2,1-3H3/t19-/m1/s1. The van der Waals surface area contributed by atoms with Crippen LogP contribution in [0.5, 0.6) is 0 Å². The van der Waals surface area contributed by atoms with E-state index in [0.29, 0.717) is 11.4 Å². The quantitative estimate of drug-likeness (QED) is 0.627. The molecular weight excluding hydrogens is 398 g/mol. The minimum absolute atomic E-state index is 0.0686. The first-order valence-corrected chi connectivity index (χ1v) is 11.9. The normalized spacial score (nSPS) is 17.2. The van der Waals surface area contributed by atoms with E-state index in [2.05, 4.69) is 15.6 Å². The fourth-order valence-electron chi connectivity index (χ4n) is 4.16. The number of hydrogen-bond donors (Lipinski definition) is 0. The van der Waals surface area contributed by atoms with Gasteiger partial charge in [0.2, 0.25) is 5.91 Å². The third kappa shape index (κ3) is 3.74. The van der Waals surface area contributed by atoms with Crippen LogP contribution in [0, 0.1) is 6.92 Å². The van der Waals surface area contributed by atoms with E-state index in [9.17, 15) is 13.2 Å². The number of fused-ring (bicyclic) bond motifs is 1. The molecule has 0 spiro atoms. The van der Waals surface area contributed by atoms with Crippen LogP contribution >= 0.6 is 0 Å². The van der Waals surface area contributed by atoms with Gasteiger partial charge in [-0.15, -0.1) is 0 Å². The first-order chi connectivity index (χ1) is 14.3. The van der Waals surface area contributed by atoms with Gasteiger partial charge in [-0.25, -0.2) is 13.4 Å². The van der Waals surface area contributed by atoms with Crippen LogP contribution in [-0.4, -0.2) is 47.1 Å². The van der Waals surface area contributed by atoms with Crippen molar-refractivity contribution < 1.29 is 13.2 Å². The smallest absolute Gasteiger partial charge is 0.227 e. The van der Waals surface area contributed by atoms with Crippen molar-refractivity contribution in [2.24, 2.45) is 0 Å². The van der Waals surface area contributed by atoms with Crippen LogP contribution in [-0.2, 0) is 21.1 Å². The highest BCUT2D eigenvalue weighted by Gasteiger charge is 2.29. The summed E-state index contributed by atoms with van der Waals surface area (Å²) in [5.41, 5.74) is 2.92. The molecule has 2 aromatic carbocycles. The summed E-state index contributed by atoms with van der Waals surface area (Å²) < 4.78 is 26.8. The SMILES string of the molecule is Cc1nc2ccccc2n1[C@@H]1CCN(C(=O)Cc2ccc(S(=O)(=O)C(C)C)cc2)C1. The molecule has 0 radical (unpaired) electrons. The number of carbonyl (C=O) groups is 1. The van der Waals surface area contributed by atoms with Gasteiger partial charge in [0.05, 0.1) is 33.6 Å². The van der Waals surface area contributed by atoms with E-state index < -0.39 is 15.1 Å². The zero-order chi connectivity index (χ0) is 21.5. The van der Waals surface area contributed by atoms with Gasteiger partial charge in [0.1, 0.15) is 5.82 Å². The van der Waals surface area contributed by atoms with Crippen LogP contribution in [0.15, 0.2) is 53.4 Å². The molecule has 0 saturated carbocycles. The number of aryl methyl sites for hydroxylation is 1. The van der Waals surface area contributed by atoms with Gasteiger partial charge in [-0.3, -0.25) is 4.79 Å². The predicted molar refractivity (Wildman–Crippen MR) is 117 cm³/mol. The van der Waals surface area contributed by atoms with E-state index >= 15 is 0 Å². The average molecular weight is 426 g/mol. The van der Waals surface area contributed by atoms with Crippen molar-refractivity contribution in [3.8, 4) is 0 Å². The minimum Gasteiger partial charge on any atom is -0.340 e. The Kier molecular flexibility index (Phi) is 5.40. The first kappa shape index (κ1) is 20.6. The molecule has 3 aromatic rings. The third-order valence-electron chi connectivity index (χ3n) is 5.88. The van der Waals surface area contributed by atoms with E-state index in [4.69, 9.17) is 0 Å². The molecule has 0 bridgehead atoms. The highest BCUT2D eigenvalue weighted by atomic mass is 32.2. The lowest BCUT2D eigenvalue weighted by molar-refractivity contribution is -0.129. The van der Waals surface area contributed by atoms with E-state index in [-0.39, 0.29) is 18.4 Å². The van der Waals surface area contributed by atoms with Gasteiger partial charge in [-0.05, 0) is 57.0 Å². The number of aromatic nitrogens is 2. The highest BCUT2D eigenvalue weighted by Crippen LogP contribution is 2.28. The van der Waals surface area contributed by atoms with Crippen LogP contribution in [0.4, 0.5) is 0 Å². The maximum absolute atomic E-state index is 12.9. The van der Waals surface area contributed by atoms with Gasteiger partial charge in [-0.1, -0.05) is 24.3 Å². The Morgan fingerprint density at radius 2 is 1.83 bits per heavy atom. The molecule has 4 rings (SSSR count). The number of benzene rings is 2. The Morgan fingerprint density at radius 3 is 2.53 bits per heavy atom. The summed E-state index contributed by atoms with van der Waals surface area (Å²) in [6, 6.07) is 15.0. The fourth-order valence-corrected chi connectivity index (χ4v) is 5.22. The largest absolute Gasteiger partial charge is 0.340 e. The number of carbonyl (C=O) groups excluding carboxylic acids is 1. The number of imidazole rings is 1. The van der Waals surface area contributed by atoms with E-state index in [0.717, 1.165) is 35.4 Å². The molecule has 2 heterocycles. The minimum atomic E-state index is -3.30. The Balaban J connectivity index is 1.45. The van der Waals surface area contributed by atoms with Crippen molar-refractivity contribution in [3.05, 3.63) is 59.9 Å². The summed E-state index contributed by atoms with van der Waals surface area (Å²) >= 11 is 0. The highest BCUT2D eigenvalue weighted by molar-refractivity contribution is 7.92. The monoisotopic (exact) mass is 425 g/mol. The van der Waals surface area contributed by atoms with E-state index in [1.807, 2.05) is 30.0 Å². The number of sulfone groups is 1. The zero-order valence-electron chi connectivity index (χ0n) is 17.6. The summed E-state index contributed by atoms with van der Waals surface area (Å²) in [6.07, 6.45) is 1.18. The average Bonchev–Trinajstić information content (AvgIpc) is 3.31. The fraction of sp³-hybridized carbons (Fsp3) is 0.391. The molecule has 1 atom stereocenters. The molecule has 1 aromatic heterocycles. The number of rotatable bonds is 5. The molecule has 6 nitrogen and oxygen atoms in total. The van der Waals surface area contributed by atoms with Crippen LogP contribution in [0.1, 0.15) is 37.7 Å². The Hall–Kier alpha value is -2.67. The van der Waals surface area contributed by atoms with Crippen LogP contribution < -0.4 is 0 Å². The lowest BCUT2D eigenvalue weighted by atomic mass is 10.1. The van der Waals surface area contributed by atoms with Crippen molar-refractivity contribution in [2.45, 2.75) is 49.8 Å². The lowest BCUT2D eigenvalue weighted by Gasteiger charge is -2.18. The van der Waals surface area contributed by atoms with Crippen molar-refractivity contribution in [1.29, 1.82) is 0 Å². The Bertz CT molecular complexity index is 1180. The molecular formula is C23H27N3O3S. The van der Waals surface area contributed by atoms with Crippen LogP contribution in [0.25, 0.3) is 11.0 Å². The third-order valence-corrected chi connectivity index (χ3v) is 8.05. The second-order valence-corrected chi connectivity index (χ2v) is 10.7. The molecule has 1 aliphatic heterocycles. The van der Waals surface area contributed by atoms with E-state index in [1.165, 1.54) is 0 Å². The molecule has 158 valence electrons. The van der Waals surface area contributed by atoms with E-state index in [1.54, 1.807) is 38.1 Å². The predicted octanol–water partition coefficient (Wildman–Crippen LogP) is 3.54. The molecule has 0 unspecified atom stereocenters. The summed E-state index contributed by atoms with van der Waals surface area (Å²) in [6.45, 7) is 6.73. The lowest BCUT2D eigenvalue weighted by Crippen LogP contribution is -2.30. The summed E-state index contributed by atoms with van der Waals surface area (Å²) in [5.74, 6) is 1.04. The van der Waals surface area contributed by atoms with Gasteiger partial charge in [0.25, 0.3) is 0 Å². The van der Waals surface area contributed by atoms with Crippen LogP contribution in [0.3, 0.4) is 0 Å². The van der Waals surface area contributed by atoms with Gasteiger partial charge < -0.3 is 9.47 Å². The number of para-hydroxylation sites is 2. The van der Waals surface area contributed by atoms with Crippen molar-refractivity contribution in [2.75, 3.05) is 13.1 Å². The van der Waals surface area contributed by atoms with Crippen molar-refractivity contribution in [1.82, 2.24) is 14.5 Å². The molecule has 30 heavy (non-hydrogen) atoms. The number of likely N-dealkylation sites (tertiary alicyclic amines) is 1. The number of nitrogens with zero attached hydrogens (tertiary/aromatic N) is 3. The molecule has 7 heteroatoms. The molecule has 1 aliphatic rings. The zero-order valence-corrected chi connectivity index (χ0v) is 18.4. The summed E-state index contributed by atoms with van der Waals surface area (Å²) in [5, 5.41) is -0.464. The van der Waals surface area contributed by atoms with Crippen molar-refractivity contribution >= 4 is 26.8 Å². The molecule has 1 saturated heterocycles. The van der Waals surface area contributed by atoms with Gasteiger partial charge in [0.15, 0.2) is 9.84 Å². The second kappa shape index (κ2) is 7.87. The first-order valence-electron chi connectivity index (χ1n) is 10.3. The van der Waals surface area contributed by atoms with Gasteiger partial charge in [-0.2, -0.15) is 0 Å². The molecule has 0 aliphatic carbocycles. The number of hydrogen-bond acceptors (Lipinski definition) is 4. The molecule has 1 amide bonds. The summed E-state index contributed by atoms with van der Waals surface area (Å²) in [7, 11) is -3.30. The van der Waals surface area contributed by atoms with Gasteiger partial charge >= 0.3 is 0 Å². The molecule has 1 fully saturated rings. The van der Waals surface area contributed by atoms with Gasteiger partial charge in [0, 0.05) is 13.1 Å². The second-order valence-electron chi connectivity index (χ2n) is 8.21. The number of amides is 1. The van der Waals surface area contributed by atoms with Crippen molar-refractivity contribution in [3.63, 3.8) is 0 Å². The molecule has 0 N–H and O–H groups in total. The summed E-state index contributed by atoms with van der Waals surface area (Å²) in [4.78, 5) is 19.7.